The number of hydrogen-bond donors (Lipinski definition) is 3. The standard InChI is InChI=1S/C15H20N4O/c1-10(2)8-13(16)15(20)18-12-5-3-4-11(9-12)14-6-7-17-19-14/h3-7,9-10,13H,8,16H2,1-2H3,(H,17,19)(H,18,20). The smallest absolute Gasteiger partial charge is 0.241 e. The number of carbonyl (C=O) groups excluding carboxylic acids is 1. The van der Waals surface area contributed by atoms with Crippen LogP contribution in [0.1, 0.15) is 20.3 Å². The largest absolute Gasteiger partial charge is 0.325 e. The second-order valence-electron chi connectivity index (χ2n) is 5.28. The summed E-state index contributed by atoms with van der Waals surface area (Å²) < 4.78 is 0. The molecule has 4 N–H and O–H groups in total. The van der Waals surface area contributed by atoms with Crippen LogP contribution in [0, 0.1) is 5.92 Å². The first-order valence-electron chi connectivity index (χ1n) is 6.72. The summed E-state index contributed by atoms with van der Waals surface area (Å²) >= 11 is 0. The fourth-order valence-electron chi connectivity index (χ4n) is 2.03. The molecular formula is C15H20N4O. The van der Waals surface area contributed by atoms with E-state index in [2.05, 4.69) is 15.5 Å². The number of nitrogens with two attached hydrogens (primary N) is 1. The molecule has 0 bridgehead atoms. The van der Waals surface area contributed by atoms with E-state index in [-0.39, 0.29) is 5.91 Å². The Balaban J connectivity index is 2.07. The van der Waals surface area contributed by atoms with E-state index in [4.69, 9.17) is 5.73 Å². The second kappa shape index (κ2) is 6.34. The summed E-state index contributed by atoms with van der Waals surface area (Å²) in [6.07, 6.45) is 2.37. The minimum absolute atomic E-state index is 0.152. The van der Waals surface area contributed by atoms with Crippen molar-refractivity contribution in [2.45, 2.75) is 26.3 Å². The van der Waals surface area contributed by atoms with Gasteiger partial charge in [-0.3, -0.25) is 9.89 Å². The molecule has 0 saturated heterocycles. The van der Waals surface area contributed by atoms with Crippen LogP contribution in [0.5, 0.6) is 0 Å². The molecule has 0 saturated carbocycles. The van der Waals surface area contributed by atoms with Crippen molar-refractivity contribution in [3.05, 3.63) is 36.5 Å². The Morgan fingerprint density at radius 1 is 1.40 bits per heavy atom. The molecule has 1 unspecified atom stereocenters. The molecule has 1 atom stereocenters. The van der Waals surface area contributed by atoms with Crippen molar-refractivity contribution in [2.24, 2.45) is 11.7 Å². The van der Waals surface area contributed by atoms with Crippen molar-refractivity contribution in [3.8, 4) is 11.3 Å². The van der Waals surface area contributed by atoms with Gasteiger partial charge in [-0.2, -0.15) is 5.10 Å². The lowest BCUT2D eigenvalue weighted by molar-refractivity contribution is -0.117. The first kappa shape index (κ1) is 14.3. The van der Waals surface area contributed by atoms with Crippen LogP contribution in [0.4, 0.5) is 5.69 Å². The minimum Gasteiger partial charge on any atom is -0.325 e. The van der Waals surface area contributed by atoms with Gasteiger partial charge in [0.15, 0.2) is 0 Å². The monoisotopic (exact) mass is 272 g/mol. The first-order valence-corrected chi connectivity index (χ1v) is 6.72. The van der Waals surface area contributed by atoms with Crippen molar-refractivity contribution in [2.75, 3.05) is 5.32 Å². The molecule has 20 heavy (non-hydrogen) atoms. The van der Waals surface area contributed by atoms with Crippen molar-refractivity contribution < 1.29 is 4.79 Å². The fraction of sp³-hybridized carbons (Fsp3) is 0.333. The fourth-order valence-corrected chi connectivity index (χ4v) is 2.03. The summed E-state index contributed by atoms with van der Waals surface area (Å²) in [7, 11) is 0. The zero-order chi connectivity index (χ0) is 14.5. The van der Waals surface area contributed by atoms with Crippen molar-refractivity contribution in [1.29, 1.82) is 0 Å². The molecule has 0 aliphatic carbocycles. The van der Waals surface area contributed by atoms with Gasteiger partial charge in [0.25, 0.3) is 0 Å². The van der Waals surface area contributed by atoms with Crippen molar-refractivity contribution in [3.63, 3.8) is 0 Å². The Kier molecular flexibility index (Phi) is 4.53. The van der Waals surface area contributed by atoms with E-state index in [9.17, 15) is 4.79 Å². The maximum Gasteiger partial charge on any atom is 0.241 e. The number of hydrogen-bond acceptors (Lipinski definition) is 3. The maximum atomic E-state index is 12.0. The van der Waals surface area contributed by atoms with Gasteiger partial charge in [0, 0.05) is 17.4 Å². The van der Waals surface area contributed by atoms with Gasteiger partial charge in [0.1, 0.15) is 0 Å². The van der Waals surface area contributed by atoms with Gasteiger partial charge < -0.3 is 11.1 Å². The predicted octanol–water partition coefficient (Wildman–Crippen LogP) is 2.39. The highest BCUT2D eigenvalue weighted by Crippen LogP contribution is 2.20. The molecule has 106 valence electrons. The number of nitrogens with one attached hydrogen (secondary N) is 2. The number of nitrogens with zero attached hydrogens (tertiary/aromatic N) is 1. The SMILES string of the molecule is CC(C)CC(N)C(=O)Nc1cccc(-c2ccn[nH]2)c1. The average molecular weight is 272 g/mol. The Morgan fingerprint density at radius 3 is 2.85 bits per heavy atom. The molecule has 5 heteroatoms. The molecule has 5 nitrogen and oxygen atoms in total. The van der Waals surface area contributed by atoms with Crippen LogP contribution < -0.4 is 11.1 Å². The molecule has 0 fully saturated rings. The van der Waals surface area contributed by atoms with Crippen LogP contribution in [0.15, 0.2) is 36.5 Å². The second-order valence-corrected chi connectivity index (χ2v) is 5.28. The van der Waals surface area contributed by atoms with Gasteiger partial charge in [-0.1, -0.05) is 26.0 Å². The number of H-pyrrole nitrogens is 1. The van der Waals surface area contributed by atoms with E-state index in [1.54, 1.807) is 6.20 Å². The molecule has 0 aliphatic rings. The third-order valence-corrected chi connectivity index (χ3v) is 3.00. The molecule has 2 aromatic rings. The average Bonchev–Trinajstić information content (AvgIpc) is 2.92. The van der Waals surface area contributed by atoms with Crippen LogP contribution in [0.3, 0.4) is 0 Å². The molecule has 1 aromatic carbocycles. The predicted molar refractivity (Wildman–Crippen MR) is 80.1 cm³/mol. The summed E-state index contributed by atoms with van der Waals surface area (Å²) in [5, 5.41) is 9.66. The Labute approximate surface area is 118 Å². The molecule has 1 aromatic heterocycles. The maximum absolute atomic E-state index is 12.0. The number of rotatable bonds is 5. The highest BCUT2D eigenvalue weighted by molar-refractivity contribution is 5.95. The molecule has 0 aliphatic heterocycles. The van der Waals surface area contributed by atoms with Gasteiger partial charge in [-0.25, -0.2) is 0 Å². The summed E-state index contributed by atoms with van der Waals surface area (Å²) in [4.78, 5) is 12.0. The van der Waals surface area contributed by atoms with Gasteiger partial charge in [-0.15, -0.1) is 0 Å². The van der Waals surface area contributed by atoms with Gasteiger partial charge in [-0.05, 0) is 30.5 Å². The quantitative estimate of drug-likeness (QED) is 0.781. The third-order valence-electron chi connectivity index (χ3n) is 3.00. The first-order chi connectivity index (χ1) is 9.56. The lowest BCUT2D eigenvalue weighted by Gasteiger charge is -2.14. The van der Waals surface area contributed by atoms with Crippen molar-refractivity contribution >= 4 is 11.6 Å². The molecule has 0 radical (unpaired) electrons. The Morgan fingerprint density at radius 2 is 2.20 bits per heavy atom. The summed E-state index contributed by atoms with van der Waals surface area (Å²) in [5.41, 5.74) is 8.49. The number of aromatic amines is 1. The van der Waals surface area contributed by atoms with Gasteiger partial charge in [0.2, 0.25) is 5.91 Å². The van der Waals surface area contributed by atoms with E-state index < -0.39 is 6.04 Å². The van der Waals surface area contributed by atoms with Crippen LogP contribution in [-0.2, 0) is 4.79 Å². The summed E-state index contributed by atoms with van der Waals surface area (Å²) in [5.74, 6) is 0.243. The van der Waals surface area contributed by atoms with Crippen molar-refractivity contribution in [1.82, 2.24) is 10.2 Å². The number of anilines is 1. The Hall–Kier alpha value is -2.14. The van der Waals surface area contributed by atoms with Crippen LogP contribution >= 0.6 is 0 Å². The lowest BCUT2D eigenvalue weighted by Crippen LogP contribution is -2.36. The number of benzene rings is 1. The molecule has 2 rings (SSSR count). The van der Waals surface area contributed by atoms with Crippen LogP contribution in [0.25, 0.3) is 11.3 Å². The van der Waals surface area contributed by atoms with E-state index in [0.29, 0.717) is 12.3 Å². The number of carbonyl (C=O) groups is 1. The third kappa shape index (κ3) is 3.68. The van der Waals surface area contributed by atoms with Crippen LogP contribution in [-0.4, -0.2) is 22.1 Å². The zero-order valence-electron chi connectivity index (χ0n) is 11.8. The van der Waals surface area contributed by atoms with Crippen LogP contribution in [0.2, 0.25) is 0 Å². The molecule has 0 spiro atoms. The van der Waals surface area contributed by atoms with E-state index >= 15 is 0 Å². The number of amides is 1. The normalized spacial score (nSPS) is 12.4. The summed E-state index contributed by atoms with van der Waals surface area (Å²) in [6, 6.07) is 8.99. The molecule has 1 heterocycles. The highest BCUT2D eigenvalue weighted by atomic mass is 16.2. The topological polar surface area (TPSA) is 83.8 Å². The van der Waals surface area contributed by atoms with Gasteiger partial charge >= 0.3 is 0 Å². The highest BCUT2D eigenvalue weighted by Gasteiger charge is 2.15. The molecule has 1 amide bonds. The van der Waals surface area contributed by atoms with E-state index in [1.165, 1.54) is 0 Å². The van der Waals surface area contributed by atoms with E-state index in [1.807, 2.05) is 44.2 Å². The van der Waals surface area contributed by atoms with E-state index in [0.717, 1.165) is 16.9 Å². The number of aromatic nitrogens is 2. The zero-order valence-corrected chi connectivity index (χ0v) is 11.8. The Bertz CT molecular complexity index is 563. The molecular weight excluding hydrogens is 252 g/mol. The lowest BCUT2D eigenvalue weighted by atomic mass is 10.0. The van der Waals surface area contributed by atoms with Gasteiger partial charge in [0.05, 0.1) is 11.7 Å². The summed E-state index contributed by atoms with van der Waals surface area (Å²) in [6.45, 7) is 4.10. The minimum atomic E-state index is -0.481.